The fraction of sp³-hybridized carbons (Fsp3) is 0.600. The first-order valence-electron chi connectivity index (χ1n) is 7.25. The van der Waals surface area contributed by atoms with Crippen LogP contribution in [0.1, 0.15) is 5.56 Å². The SMILES string of the molecule is OCCN(CCN1CCOCC1)Cc1cc(F)cc(F)c1. The summed E-state index contributed by atoms with van der Waals surface area (Å²) in [6.07, 6.45) is 0. The van der Waals surface area contributed by atoms with E-state index in [1.54, 1.807) is 0 Å². The second-order valence-corrected chi connectivity index (χ2v) is 5.23. The van der Waals surface area contributed by atoms with E-state index in [-0.39, 0.29) is 6.61 Å². The van der Waals surface area contributed by atoms with Crippen LogP contribution in [-0.2, 0) is 11.3 Å². The van der Waals surface area contributed by atoms with Crippen LogP contribution in [0, 0.1) is 11.6 Å². The van der Waals surface area contributed by atoms with Gasteiger partial charge in [-0.05, 0) is 17.7 Å². The number of rotatable bonds is 7. The van der Waals surface area contributed by atoms with Gasteiger partial charge in [-0.1, -0.05) is 0 Å². The summed E-state index contributed by atoms with van der Waals surface area (Å²) in [5, 5.41) is 9.14. The molecule has 1 aromatic carbocycles. The van der Waals surface area contributed by atoms with E-state index in [4.69, 9.17) is 9.84 Å². The fourth-order valence-electron chi connectivity index (χ4n) is 2.48. The third-order valence-corrected chi connectivity index (χ3v) is 3.58. The molecule has 1 saturated heterocycles. The Hall–Kier alpha value is -1.08. The first kappa shape index (κ1) is 16.3. The lowest BCUT2D eigenvalue weighted by atomic mass is 10.2. The Morgan fingerprint density at radius 2 is 1.76 bits per heavy atom. The fourth-order valence-corrected chi connectivity index (χ4v) is 2.48. The van der Waals surface area contributed by atoms with Gasteiger partial charge < -0.3 is 9.84 Å². The molecule has 0 radical (unpaired) electrons. The van der Waals surface area contributed by atoms with Crippen LogP contribution in [0.4, 0.5) is 8.78 Å². The minimum absolute atomic E-state index is 0.0287. The molecule has 0 aliphatic carbocycles. The third kappa shape index (κ3) is 5.67. The third-order valence-electron chi connectivity index (χ3n) is 3.58. The zero-order valence-corrected chi connectivity index (χ0v) is 12.1. The number of benzene rings is 1. The zero-order chi connectivity index (χ0) is 15.1. The summed E-state index contributed by atoms with van der Waals surface area (Å²) in [5.41, 5.74) is 0.586. The van der Waals surface area contributed by atoms with Crippen LogP contribution >= 0.6 is 0 Å². The Balaban J connectivity index is 1.88. The lowest BCUT2D eigenvalue weighted by molar-refractivity contribution is 0.0320. The van der Waals surface area contributed by atoms with Crippen molar-refractivity contribution in [3.8, 4) is 0 Å². The molecule has 1 N–H and O–H groups in total. The molecule has 21 heavy (non-hydrogen) atoms. The number of morpholine rings is 1. The summed E-state index contributed by atoms with van der Waals surface area (Å²) in [5.74, 6) is -1.13. The number of nitrogens with zero attached hydrogens (tertiary/aromatic N) is 2. The van der Waals surface area contributed by atoms with Crippen LogP contribution in [-0.4, -0.2) is 67.5 Å². The number of aliphatic hydroxyl groups excluding tert-OH is 1. The highest BCUT2D eigenvalue weighted by Crippen LogP contribution is 2.11. The summed E-state index contributed by atoms with van der Waals surface area (Å²) < 4.78 is 31.7. The van der Waals surface area contributed by atoms with Gasteiger partial charge in [-0.2, -0.15) is 0 Å². The number of hydrogen-bond acceptors (Lipinski definition) is 4. The molecule has 0 bridgehead atoms. The van der Waals surface area contributed by atoms with Crippen molar-refractivity contribution in [2.75, 3.05) is 52.5 Å². The average Bonchev–Trinajstić information content (AvgIpc) is 2.45. The Kier molecular flexibility index (Phi) is 6.50. The van der Waals surface area contributed by atoms with E-state index >= 15 is 0 Å². The first-order chi connectivity index (χ1) is 10.2. The maximum absolute atomic E-state index is 13.2. The van der Waals surface area contributed by atoms with Crippen LogP contribution < -0.4 is 0 Å². The van der Waals surface area contributed by atoms with Crippen molar-refractivity contribution in [1.29, 1.82) is 0 Å². The highest BCUT2D eigenvalue weighted by Gasteiger charge is 2.13. The summed E-state index contributed by atoms with van der Waals surface area (Å²) >= 11 is 0. The van der Waals surface area contributed by atoms with Crippen molar-refractivity contribution in [3.05, 3.63) is 35.4 Å². The molecule has 0 atom stereocenters. The molecular formula is C15H22F2N2O2. The molecule has 1 aliphatic rings. The molecule has 1 aromatic rings. The maximum atomic E-state index is 13.2. The van der Waals surface area contributed by atoms with Crippen LogP contribution in [0.2, 0.25) is 0 Å². The number of ether oxygens (including phenoxy) is 1. The van der Waals surface area contributed by atoms with Gasteiger partial charge in [0, 0.05) is 45.3 Å². The van der Waals surface area contributed by atoms with Crippen molar-refractivity contribution < 1.29 is 18.6 Å². The van der Waals surface area contributed by atoms with E-state index in [2.05, 4.69) is 4.90 Å². The molecule has 0 unspecified atom stereocenters. The maximum Gasteiger partial charge on any atom is 0.126 e. The smallest absolute Gasteiger partial charge is 0.126 e. The van der Waals surface area contributed by atoms with E-state index in [1.165, 1.54) is 12.1 Å². The Bertz CT molecular complexity index is 419. The van der Waals surface area contributed by atoms with Gasteiger partial charge >= 0.3 is 0 Å². The van der Waals surface area contributed by atoms with Crippen molar-refractivity contribution in [2.45, 2.75) is 6.54 Å². The van der Waals surface area contributed by atoms with Gasteiger partial charge in [0.15, 0.2) is 0 Å². The predicted octanol–water partition coefficient (Wildman–Crippen LogP) is 1.09. The summed E-state index contributed by atoms with van der Waals surface area (Å²) in [6.45, 7) is 5.86. The largest absolute Gasteiger partial charge is 0.395 e. The second-order valence-electron chi connectivity index (χ2n) is 5.23. The van der Waals surface area contributed by atoms with Gasteiger partial charge in [0.05, 0.1) is 19.8 Å². The number of aliphatic hydroxyl groups is 1. The quantitative estimate of drug-likeness (QED) is 0.818. The van der Waals surface area contributed by atoms with Crippen molar-refractivity contribution in [2.24, 2.45) is 0 Å². The monoisotopic (exact) mass is 300 g/mol. The lowest BCUT2D eigenvalue weighted by Gasteiger charge is -2.29. The van der Waals surface area contributed by atoms with Gasteiger partial charge in [0.25, 0.3) is 0 Å². The van der Waals surface area contributed by atoms with E-state index < -0.39 is 11.6 Å². The molecule has 1 heterocycles. The minimum Gasteiger partial charge on any atom is -0.395 e. The van der Waals surface area contributed by atoms with E-state index in [0.29, 0.717) is 18.7 Å². The Labute approximate surface area is 123 Å². The van der Waals surface area contributed by atoms with Crippen LogP contribution in [0.5, 0.6) is 0 Å². The second kappa shape index (κ2) is 8.38. The Morgan fingerprint density at radius 3 is 2.38 bits per heavy atom. The molecule has 0 spiro atoms. The molecule has 2 rings (SSSR count). The summed E-state index contributed by atoms with van der Waals surface area (Å²) in [4.78, 5) is 4.30. The Morgan fingerprint density at radius 1 is 1.10 bits per heavy atom. The minimum atomic E-state index is -0.567. The molecule has 1 aliphatic heterocycles. The van der Waals surface area contributed by atoms with Crippen LogP contribution in [0.3, 0.4) is 0 Å². The molecular weight excluding hydrogens is 278 g/mol. The molecule has 0 aromatic heterocycles. The van der Waals surface area contributed by atoms with Crippen molar-refractivity contribution >= 4 is 0 Å². The zero-order valence-electron chi connectivity index (χ0n) is 12.1. The highest BCUT2D eigenvalue weighted by molar-refractivity contribution is 5.17. The molecule has 0 saturated carbocycles. The van der Waals surface area contributed by atoms with Crippen molar-refractivity contribution in [3.63, 3.8) is 0 Å². The highest BCUT2D eigenvalue weighted by atomic mass is 19.1. The van der Waals surface area contributed by atoms with E-state index in [0.717, 1.165) is 45.5 Å². The predicted molar refractivity (Wildman–Crippen MR) is 76.0 cm³/mol. The van der Waals surface area contributed by atoms with Crippen LogP contribution in [0.15, 0.2) is 18.2 Å². The molecule has 0 amide bonds. The molecule has 6 heteroatoms. The standard InChI is InChI=1S/C15H22F2N2O2/c16-14-9-13(10-15(17)11-14)12-19(3-6-20)2-1-18-4-7-21-8-5-18/h9-11,20H,1-8,12H2. The topological polar surface area (TPSA) is 35.9 Å². The number of halogens is 2. The van der Waals surface area contributed by atoms with Crippen LogP contribution in [0.25, 0.3) is 0 Å². The summed E-state index contributed by atoms with van der Waals surface area (Å²) in [7, 11) is 0. The van der Waals surface area contributed by atoms with Gasteiger partial charge in [0.2, 0.25) is 0 Å². The number of hydrogen-bond donors (Lipinski definition) is 1. The molecule has 4 nitrogen and oxygen atoms in total. The lowest BCUT2D eigenvalue weighted by Crippen LogP contribution is -2.41. The summed E-state index contributed by atoms with van der Waals surface area (Å²) in [6, 6.07) is 3.54. The molecule has 118 valence electrons. The van der Waals surface area contributed by atoms with Gasteiger partial charge in [-0.25, -0.2) is 8.78 Å². The van der Waals surface area contributed by atoms with E-state index in [1.807, 2.05) is 4.90 Å². The van der Waals surface area contributed by atoms with Gasteiger partial charge in [-0.15, -0.1) is 0 Å². The van der Waals surface area contributed by atoms with Gasteiger partial charge in [0.1, 0.15) is 11.6 Å². The van der Waals surface area contributed by atoms with Crippen molar-refractivity contribution in [1.82, 2.24) is 9.80 Å². The first-order valence-corrected chi connectivity index (χ1v) is 7.25. The van der Waals surface area contributed by atoms with Gasteiger partial charge in [-0.3, -0.25) is 9.80 Å². The van der Waals surface area contributed by atoms with E-state index in [9.17, 15) is 8.78 Å². The average molecular weight is 300 g/mol. The normalized spacial score (nSPS) is 16.6. The molecule has 1 fully saturated rings.